The van der Waals surface area contributed by atoms with Gasteiger partial charge in [-0.1, -0.05) is 30.5 Å². The molecular formula is C21H31N3O2. The quantitative estimate of drug-likeness (QED) is 0.835. The third kappa shape index (κ3) is 5.07. The van der Waals surface area contributed by atoms with E-state index in [0.29, 0.717) is 13.1 Å². The van der Waals surface area contributed by atoms with Crippen molar-refractivity contribution in [3.05, 3.63) is 35.4 Å². The first-order valence-corrected chi connectivity index (χ1v) is 9.99. The molecule has 0 saturated carbocycles. The van der Waals surface area contributed by atoms with Crippen molar-refractivity contribution in [3.63, 3.8) is 0 Å². The smallest absolute Gasteiger partial charge is 0.253 e. The standard InChI is InChI=1S/C21H31N3O2/c1-18-8-6-9-19(16-18)21(26)24-13-7-10-22(14-15-24)17-20(25)23-11-4-2-3-5-12-23/h6,8-9,16H,2-5,7,10-15,17H2,1H3. The van der Waals surface area contributed by atoms with Gasteiger partial charge in [0.1, 0.15) is 0 Å². The van der Waals surface area contributed by atoms with Crippen molar-refractivity contribution in [2.45, 2.75) is 39.0 Å². The summed E-state index contributed by atoms with van der Waals surface area (Å²) in [5, 5.41) is 0. The van der Waals surface area contributed by atoms with Gasteiger partial charge >= 0.3 is 0 Å². The molecule has 0 N–H and O–H groups in total. The lowest BCUT2D eigenvalue weighted by Gasteiger charge is -2.26. The van der Waals surface area contributed by atoms with Gasteiger partial charge in [-0.05, 0) is 38.3 Å². The van der Waals surface area contributed by atoms with E-state index in [1.54, 1.807) is 0 Å². The van der Waals surface area contributed by atoms with Gasteiger partial charge in [0.2, 0.25) is 5.91 Å². The molecule has 2 fully saturated rings. The van der Waals surface area contributed by atoms with Crippen molar-refractivity contribution in [1.29, 1.82) is 0 Å². The fourth-order valence-electron chi connectivity index (χ4n) is 3.90. The summed E-state index contributed by atoms with van der Waals surface area (Å²) in [5.74, 6) is 0.361. The molecule has 26 heavy (non-hydrogen) atoms. The van der Waals surface area contributed by atoms with E-state index >= 15 is 0 Å². The Kier molecular flexibility index (Phi) is 6.67. The largest absolute Gasteiger partial charge is 0.342 e. The normalized spacial score (nSPS) is 19.7. The topological polar surface area (TPSA) is 43.9 Å². The molecule has 5 nitrogen and oxygen atoms in total. The molecule has 142 valence electrons. The van der Waals surface area contributed by atoms with Gasteiger partial charge in [-0.25, -0.2) is 0 Å². The molecule has 3 rings (SSSR count). The summed E-state index contributed by atoms with van der Waals surface area (Å²) in [6.07, 6.45) is 5.66. The van der Waals surface area contributed by atoms with Crippen LogP contribution in [0.2, 0.25) is 0 Å². The zero-order valence-corrected chi connectivity index (χ0v) is 16.0. The Hall–Kier alpha value is -1.88. The molecule has 0 spiro atoms. The SMILES string of the molecule is Cc1cccc(C(=O)N2CCCN(CC(=O)N3CCCCCC3)CC2)c1. The van der Waals surface area contributed by atoms with Gasteiger partial charge in [-0.2, -0.15) is 0 Å². The van der Waals surface area contributed by atoms with Crippen LogP contribution in [-0.2, 0) is 4.79 Å². The third-order valence-corrected chi connectivity index (χ3v) is 5.46. The minimum atomic E-state index is 0.106. The molecule has 2 saturated heterocycles. The van der Waals surface area contributed by atoms with E-state index < -0.39 is 0 Å². The van der Waals surface area contributed by atoms with Crippen molar-refractivity contribution < 1.29 is 9.59 Å². The Morgan fingerprint density at radius 3 is 2.31 bits per heavy atom. The van der Waals surface area contributed by atoms with E-state index in [0.717, 1.165) is 63.1 Å². The van der Waals surface area contributed by atoms with E-state index in [2.05, 4.69) is 4.90 Å². The van der Waals surface area contributed by atoms with Gasteiger partial charge in [-0.3, -0.25) is 14.5 Å². The molecule has 0 aromatic heterocycles. The van der Waals surface area contributed by atoms with Crippen molar-refractivity contribution in [2.24, 2.45) is 0 Å². The van der Waals surface area contributed by atoms with Crippen LogP contribution in [0.1, 0.15) is 48.0 Å². The molecule has 0 aliphatic carbocycles. The number of benzene rings is 1. The number of carbonyl (C=O) groups excluding carboxylic acids is 2. The van der Waals surface area contributed by atoms with E-state index in [1.807, 2.05) is 41.0 Å². The number of likely N-dealkylation sites (tertiary alicyclic amines) is 1. The number of amides is 2. The van der Waals surface area contributed by atoms with E-state index in [-0.39, 0.29) is 11.8 Å². The number of hydrogen-bond acceptors (Lipinski definition) is 3. The minimum absolute atomic E-state index is 0.106. The lowest BCUT2D eigenvalue weighted by atomic mass is 10.1. The second-order valence-corrected chi connectivity index (χ2v) is 7.59. The van der Waals surface area contributed by atoms with Gasteiger partial charge < -0.3 is 9.80 Å². The summed E-state index contributed by atoms with van der Waals surface area (Å²) in [7, 11) is 0. The molecular weight excluding hydrogens is 326 g/mol. The molecule has 2 aliphatic heterocycles. The lowest BCUT2D eigenvalue weighted by molar-refractivity contribution is -0.132. The number of aryl methyl sites for hydroxylation is 1. The molecule has 2 aliphatic rings. The second-order valence-electron chi connectivity index (χ2n) is 7.59. The molecule has 0 atom stereocenters. The molecule has 1 aromatic rings. The molecule has 2 heterocycles. The zero-order valence-electron chi connectivity index (χ0n) is 16.0. The Morgan fingerprint density at radius 2 is 1.58 bits per heavy atom. The molecule has 2 amide bonds. The van der Waals surface area contributed by atoms with Crippen molar-refractivity contribution >= 4 is 11.8 Å². The van der Waals surface area contributed by atoms with Gasteiger partial charge in [0.15, 0.2) is 0 Å². The first-order chi connectivity index (χ1) is 12.6. The number of hydrogen-bond donors (Lipinski definition) is 0. The highest BCUT2D eigenvalue weighted by molar-refractivity contribution is 5.94. The van der Waals surface area contributed by atoms with Gasteiger partial charge in [-0.15, -0.1) is 0 Å². The lowest BCUT2D eigenvalue weighted by Crippen LogP contribution is -2.42. The van der Waals surface area contributed by atoms with E-state index in [9.17, 15) is 9.59 Å². The van der Waals surface area contributed by atoms with Crippen LogP contribution in [0.3, 0.4) is 0 Å². The Morgan fingerprint density at radius 1 is 0.846 bits per heavy atom. The van der Waals surface area contributed by atoms with Gasteiger partial charge in [0.05, 0.1) is 6.54 Å². The minimum Gasteiger partial charge on any atom is -0.342 e. The van der Waals surface area contributed by atoms with Crippen LogP contribution in [-0.4, -0.2) is 72.3 Å². The number of rotatable bonds is 3. The summed E-state index contributed by atoms with van der Waals surface area (Å²) in [6, 6.07) is 7.79. The maximum absolute atomic E-state index is 12.8. The Balaban J connectivity index is 1.53. The Bertz CT molecular complexity index is 623. The average Bonchev–Trinajstić information content (AvgIpc) is 3.04. The number of nitrogens with zero attached hydrogens (tertiary/aromatic N) is 3. The number of carbonyl (C=O) groups is 2. The van der Waals surface area contributed by atoms with Crippen LogP contribution < -0.4 is 0 Å². The van der Waals surface area contributed by atoms with Crippen molar-refractivity contribution in [2.75, 3.05) is 45.8 Å². The van der Waals surface area contributed by atoms with Crippen LogP contribution >= 0.6 is 0 Å². The van der Waals surface area contributed by atoms with E-state index in [4.69, 9.17) is 0 Å². The third-order valence-electron chi connectivity index (χ3n) is 5.46. The predicted octanol–water partition coefficient (Wildman–Crippen LogP) is 2.55. The van der Waals surface area contributed by atoms with Crippen LogP contribution in [0.25, 0.3) is 0 Å². The fraction of sp³-hybridized carbons (Fsp3) is 0.619. The summed E-state index contributed by atoms with van der Waals surface area (Å²) in [5.41, 5.74) is 1.87. The zero-order chi connectivity index (χ0) is 18.4. The maximum Gasteiger partial charge on any atom is 0.253 e. The highest BCUT2D eigenvalue weighted by Crippen LogP contribution is 2.13. The summed E-state index contributed by atoms with van der Waals surface area (Å²) < 4.78 is 0. The van der Waals surface area contributed by atoms with Crippen LogP contribution in [0.5, 0.6) is 0 Å². The van der Waals surface area contributed by atoms with Crippen LogP contribution in [0.4, 0.5) is 0 Å². The van der Waals surface area contributed by atoms with Crippen LogP contribution in [0.15, 0.2) is 24.3 Å². The monoisotopic (exact) mass is 357 g/mol. The summed E-state index contributed by atoms with van der Waals surface area (Å²) in [4.78, 5) is 31.6. The average molecular weight is 357 g/mol. The molecule has 1 aromatic carbocycles. The summed E-state index contributed by atoms with van der Waals surface area (Å²) in [6.45, 7) is 7.44. The highest BCUT2D eigenvalue weighted by Gasteiger charge is 2.23. The first-order valence-electron chi connectivity index (χ1n) is 9.99. The molecule has 5 heteroatoms. The van der Waals surface area contributed by atoms with E-state index in [1.165, 1.54) is 12.8 Å². The predicted molar refractivity (Wildman–Crippen MR) is 103 cm³/mol. The van der Waals surface area contributed by atoms with Gasteiger partial charge in [0.25, 0.3) is 5.91 Å². The fourth-order valence-corrected chi connectivity index (χ4v) is 3.90. The first kappa shape index (κ1) is 18.9. The highest BCUT2D eigenvalue weighted by atomic mass is 16.2. The van der Waals surface area contributed by atoms with Crippen molar-refractivity contribution in [3.8, 4) is 0 Å². The van der Waals surface area contributed by atoms with Gasteiger partial charge in [0, 0.05) is 44.8 Å². The van der Waals surface area contributed by atoms with Crippen LogP contribution in [0, 0.1) is 6.92 Å². The second kappa shape index (κ2) is 9.17. The molecule has 0 unspecified atom stereocenters. The Labute approximate surface area is 156 Å². The maximum atomic E-state index is 12.8. The molecule has 0 radical (unpaired) electrons. The molecule has 0 bridgehead atoms. The van der Waals surface area contributed by atoms with Crippen molar-refractivity contribution in [1.82, 2.24) is 14.7 Å². The summed E-state index contributed by atoms with van der Waals surface area (Å²) >= 11 is 0.